The molecule has 2 N–H and O–H groups in total. The van der Waals surface area contributed by atoms with Gasteiger partial charge in [0.15, 0.2) is 0 Å². The normalized spacial score (nSPS) is 22.2. The first-order valence-electron chi connectivity index (χ1n) is 13.1. The average molecular weight is 570 g/mol. The summed E-state index contributed by atoms with van der Waals surface area (Å²) in [4.78, 5) is 40.1. The van der Waals surface area contributed by atoms with Crippen LogP contribution in [0.4, 0.5) is 4.79 Å². The summed E-state index contributed by atoms with van der Waals surface area (Å²) in [5, 5.41) is 2.75. The van der Waals surface area contributed by atoms with Gasteiger partial charge in [0.2, 0.25) is 5.91 Å². The summed E-state index contributed by atoms with van der Waals surface area (Å²) in [5.74, 6) is -1.94. The minimum Gasteiger partial charge on any atom is -0.489 e. The predicted molar refractivity (Wildman–Crippen MR) is 148 cm³/mol. The molecule has 1 saturated carbocycles. The number of sulfonamides is 1. The number of nitrogens with one attached hydrogen (secondary N) is 2. The second-order valence-electron chi connectivity index (χ2n) is 11.1. The van der Waals surface area contributed by atoms with E-state index in [9.17, 15) is 22.8 Å². The van der Waals surface area contributed by atoms with Crippen LogP contribution in [0.5, 0.6) is 5.75 Å². The maximum absolute atomic E-state index is 13.3. The highest BCUT2D eigenvalue weighted by Gasteiger charge is 2.61. The van der Waals surface area contributed by atoms with E-state index in [0.29, 0.717) is 18.7 Å². The molecule has 2 aliphatic rings. The van der Waals surface area contributed by atoms with Crippen molar-refractivity contribution in [2.75, 3.05) is 13.1 Å². The molecule has 0 bridgehead atoms. The van der Waals surface area contributed by atoms with Crippen molar-refractivity contribution in [1.29, 1.82) is 0 Å². The fraction of sp³-hybridized carbons (Fsp3) is 0.414. The van der Waals surface area contributed by atoms with Gasteiger partial charge in [-0.2, -0.15) is 0 Å². The van der Waals surface area contributed by atoms with Crippen LogP contribution >= 0.6 is 0 Å². The van der Waals surface area contributed by atoms with Gasteiger partial charge in [0.25, 0.3) is 15.9 Å². The molecule has 3 amide bonds. The standard InChI is InChI=1S/C29H35N3O7S/c1-5-22-17-29(22,30-25(33)21-14-15-32(18-21)27(35)39-28(2,3)4)26(34)31-40(36,37)24-13-9-12-23(16-24)38-19-20-10-7-6-8-11-20/h5-13,16,21-22H,1,14-15,17-19H2,2-4H3,(H,30,33)(H,31,34)/t21-,22?,29?/m0/s1. The summed E-state index contributed by atoms with van der Waals surface area (Å²) in [6, 6.07) is 15.3. The number of amides is 3. The molecule has 2 aromatic carbocycles. The van der Waals surface area contributed by atoms with Crippen LogP contribution in [0.1, 0.15) is 39.2 Å². The molecule has 0 spiro atoms. The molecule has 0 radical (unpaired) electrons. The summed E-state index contributed by atoms with van der Waals surface area (Å²) in [5.41, 5.74) is -1.18. The molecule has 2 fully saturated rings. The molecule has 0 aromatic heterocycles. The van der Waals surface area contributed by atoms with Crippen LogP contribution < -0.4 is 14.8 Å². The number of carbonyl (C=O) groups excluding carboxylic acids is 3. The lowest BCUT2D eigenvalue weighted by Gasteiger charge is -2.24. The Morgan fingerprint density at radius 2 is 1.85 bits per heavy atom. The molecule has 40 heavy (non-hydrogen) atoms. The van der Waals surface area contributed by atoms with Gasteiger partial charge in [-0.3, -0.25) is 9.59 Å². The van der Waals surface area contributed by atoms with E-state index < -0.39 is 50.9 Å². The minimum atomic E-state index is -4.27. The zero-order valence-corrected chi connectivity index (χ0v) is 23.7. The molecule has 2 unspecified atom stereocenters. The van der Waals surface area contributed by atoms with Gasteiger partial charge in [0.1, 0.15) is 23.5 Å². The first kappa shape index (κ1) is 29.1. The van der Waals surface area contributed by atoms with Crippen LogP contribution in [0.2, 0.25) is 0 Å². The highest BCUT2D eigenvalue weighted by atomic mass is 32.2. The molecule has 3 atom stereocenters. The van der Waals surface area contributed by atoms with E-state index in [4.69, 9.17) is 9.47 Å². The van der Waals surface area contributed by atoms with Crippen LogP contribution in [0.25, 0.3) is 0 Å². The Hall–Kier alpha value is -3.86. The fourth-order valence-electron chi connectivity index (χ4n) is 4.57. The summed E-state index contributed by atoms with van der Waals surface area (Å²) in [6.07, 6.45) is 1.63. The smallest absolute Gasteiger partial charge is 0.410 e. The molecule has 4 rings (SSSR count). The molecular formula is C29H35N3O7S. The summed E-state index contributed by atoms with van der Waals surface area (Å²) >= 11 is 0. The average Bonchev–Trinajstić information content (AvgIpc) is 3.38. The topological polar surface area (TPSA) is 131 Å². The number of hydrogen-bond acceptors (Lipinski definition) is 7. The number of rotatable bonds is 9. The van der Waals surface area contributed by atoms with Crippen LogP contribution in [0.15, 0.2) is 72.1 Å². The third kappa shape index (κ3) is 6.82. The van der Waals surface area contributed by atoms with Crippen molar-refractivity contribution in [2.45, 2.75) is 56.3 Å². The van der Waals surface area contributed by atoms with Crippen molar-refractivity contribution in [2.24, 2.45) is 11.8 Å². The van der Waals surface area contributed by atoms with E-state index in [1.54, 1.807) is 26.8 Å². The molecular weight excluding hydrogens is 534 g/mol. The Labute approximate surface area is 234 Å². The van der Waals surface area contributed by atoms with Crippen molar-refractivity contribution in [3.8, 4) is 5.75 Å². The number of nitrogens with zero attached hydrogens (tertiary/aromatic N) is 1. The van der Waals surface area contributed by atoms with Crippen LogP contribution in [0, 0.1) is 11.8 Å². The zero-order chi connectivity index (χ0) is 29.1. The Morgan fingerprint density at radius 3 is 2.50 bits per heavy atom. The molecule has 214 valence electrons. The van der Waals surface area contributed by atoms with Gasteiger partial charge >= 0.3 is 6.09 Å². The first-order valence-corrected chi connectivity index (χ1v) is 14.6. The number of likely N-dealkylation sites (tertiary alicyclic amines) is 1. The number of hydrogen-bond donors (Lipinski definition) is 2. The van der Waals surface area contributed by atoms with Gasteiger partial charge in [0, 0.05) is 25.1 Å². The van der Waals surface area contributed by atoms with Crippen molar-refractivity contribution in [1.82, 2.24) is 14.9 Å². The maximum Gasteiger partial charge on any atom is 0.410 e. The number of ether oxygens (including phenoxy) is 2. The highest BCUT2D eigenvalue weighted by molar-refractivity contribution is 7.90. The largest absolute Gasteiger partial charge is 0.489 e. The monoisotopic (exact) mass is 569 g/mol. The van der Waals surface area contributed by atoms with Crippen molar-refractivity contribution >= 4 is 27.9 Å². The maximum atomic E-state index is 13.3. The van der Waals surface area contributed by atoms with Crippen molar-refractivity contribution in [3.05, 3.63) is 72.8 Å². The first-order chi connectivity index (χ1) is 18.8. The second-order valence-corrected chi connectivity index (χ2v) is 12.8. The lowest BCUT2D eigenvalue weighted by atomic mass is 10.1. The van der Waals surface area contributed by atoms with E-state index in [-0.39, 0.29) is 24.5 Å². The SMILES string of the molecule is C=CC1CC1(NC(=O)[C@H]1CCN(C(=O)OC(C)(C)C)C1)C(=O)NS(=O)(=O)c1cccc(OCc2ccccc2)c1. The predicted octanol–water partition coefficient (Wildman–Crippen LogP) is 3.39. The Kier molecular flexibility index (Phi) is 8.25. The van der Waals surface area contributed by atoms with Crippen LogP contribution in [-0.4, -0.2) is 55.5 Å². The summed E-state index contributed by atoms with van der Waals surface area (Å²) in [6.45, 7) is 9.74. The van der Waals surface area contributed by atoms with E-state index >= 15 is 0 Å². The van der Waals surface area contributed by atoms with Gasteiger partial charge in [0.05, 0.1) is 10.8 Å². The summed E-state index contributed by atoms with van der Waals surface area (Å²) in [7, 11) is -4.27. The highest BCUT2D eigenvalue weighted by Crippen LogP contribution is 2.45. The molecule has 1 aliphatic heterocycles. The Morgan fingerprint density at radius 1 is 1.12 bits per heavy atom. The second kappa shape index (κ2) is 11.3. The van der Waals surface area contributed by atoms with E-state index in [1.165, 1.54) is 29.2 Å². The minimum absolute atomic E-state index is 0.144. The van der Waals surface area contributed by atoms with Gasteiger partial charge < -0.3 is 19.7 Å². The number of carbonyl (C=O) groups is 3. The molecule has 2 aromatic rings. The van der Waals surface area contributed by atoms with Crippen molar-refractivity contribution < 1.29 is 32.3 Å². The van der Waals surface area contributed by atoms with Gasteiger partial charge in [-0.1, -0.05) is 42.5 Å². The van der Waals surface area contributed by atoms with Gasteiger partial charge in [-0.15, -0.1) is 6.58 Å². The molecule has 11 heteroatoms. The Balaban J connectivity index is 1.40. The van der Waals surface area contributed by atoms with Crippen molar-refractivity contribution in [3.63, 3.8) is 0 Å². The molecule has 10 nitrogen and oxygen atoms in total. The Bertz CT molecular complexity index is 1390. The van der Waals surface area contributed by atoms with Gasteiger partial charge in [-0.05, 0) is 51.3 Å². The fourth-order valence-corrected chi connectivity index (χ4v) is 5.64. The van der Waals surface area contributed by atoms with E-state index in [0.717, 1.165) is 5.56 Å². The molecule has 1 aliphatic carbocycles. The van der Waals surface area contributed by atoms with E-state index in [2.05, 4.69) is 16.6 Å². The lowest BCUT2D eigenvalue weighted by molar-refractivity contribution is -0.131. The quantitative estimate of drug-likeness (QED) is 0.443. The lowest BCUT2D eigenvalue weighted by Crippen LogP contribution is -2.53. The van der Waals surface area contributed by atoms with E-state index in [1.807, 2.05) is 30.3 Å². The third-order valence-corrected chi connectivity index (χ3v) is 8.18. The molecule has 1 heterocycles. The third-order valence-electron chi connectivity index (χ3n) is 6.85. The zero-order valence-electron chi connectivity index (χ0n) is 22.9. The van der Waals surface area contributed by atoms with Crippen LogP contribution in [0.3, 0.4) is 0 Å². The number of benzene rings is 2. The molecule has 1 saturated heterocycles. The van der Waals surface area contributed by atoms with Crippen LogP contribution in [-0.2, 0) is 31.0 Å². The van der Waals surface area contributed by atoms with Gasteiger partial charge in [-0.25, -0.2) is 17.9 Å². The summed E-state index contributed by atoms with van der Waals surface area (Å²) < 4.78 is 39.5.